The summed E-state index contributed by atoms with van der Waals surface area (Å²) in [7, 11) is 0. The highest BCUT2D eigenvalue weighted by atomic mass is 79.9. The van der Waals surface area contributed by atoms with Gasteiger partial charge in [0.2, 0.25) is 0 Å². The van der Waals surface area contributed by atoms with E-state index < -0.39 is 6.10 Å². The van der Waals surface area contributed by atoms with Gasteiger partial charge in [-0.2, -0.15) is 0 Å². The fourth-order valence-corrected chi connectivity index (χ4v) is 1.58. The number of hydrogen-bond donors (Lipinski definition) is 1. The molecule has 0 spiro atoms. The van der Waals surface area contributed by atoms with Gasteiger partial charge in [-0.3, -0.25) is 0 Å². The van der Waals surface area contributed by atoms with Crippen molar-refractivity contribution in [3.8, 4) is 0 Å². The van der Waals surface area contributed by atoms with Crippen molar-refractivity contribution in [1.82, 2.24) is 0 Å². The van der Waals surface area contributed by atoms with Gasteiger partial charge in [-0.25, -0.2) is 0 Å². The minimum atomic E-state index is -0.403. The summed E-state index contributed by atoms with van der Waals surface area (Å²) in [4.78, 5) is 0. The molecule has 1 atom stereocenters. The van der Waals surface area contributed by atoms with Gasteiger partial charge in [0, 0.05) is 0 Å². The molecule has 0 aromatic carbocycles. The van der Waals surface area contributed by atoms with Crippen molar-refractivity contribution >= 4 is 15.9 Å². The van der Waals surface area contributed by atoms with Crippen LogP contribution in [0.3, 0.4) is 0 Å². The zero-order valence-electron chi connectivity index (χ0n) is 5.96. The minimum absolute atomic E-state index is 0.403. The average molecular weight is 217 g/mol. The zero-order valence-corrected chi connectivity index (χ0v) is 7.54. The van der Waals surface area contributed by atoms with E-state index in [9.17, 15) is 5.11 Å². The van der Waals surface area contributed by atoms with Gasteiger partial charge in [0.25, 0.3) is 0 Å². The van der Waals surface area contributed by atoms with Gasteiger partial charge in [0.1, 0.15) is 11.9 Å². The number of halogens is 1. The average Bonchev–Trinajstić information content (AvgIpc) is 2.74. The van der Waals surface area contributed by atoms with Gasteiger partial charge in [-0.05, 0) is 40.8 Å². The molecule has 11 heavy (non-hydrogen) atoms. The lowest BCUT2D eigenvalue weighted by Gasteiger charge is -2.04. The second-order valence-electron chi connectivity index (χ2n) is 2.92. The smallest absolute Gasteiger partial charge is 0.146 e. The van der Waals surface area contributed by atoms with E-state index in [1.165, 1.54) is 0 Å². The third-order valence-corrected chi connectivity index (χ3v) is 2.64. The predicted octanol–water partition coefficient (Wildman–Crippen LogP) is 2.49. The normalized spacial score (nSPS) is 20.2. The Labute approximate surface area is 73.3 Å². The summed E-state index contributed by atoms with van der Waals surface area (Å²) in [6.07, 6.45) is 3.42. The molecule has 0 bridgehead atoms. The molecule has 0 amide bonds. The van der Waals surface area contributed by atoms with Crippen LogP contribution in [0.15, 0.2) is 21.2 Å². The van der Waals surface area contributed by atoms with Crippen molar-refractivity contribution < 1.29 is 9.52 Å². The van der Waals surface area contributed by atoms with Gasteiger partial charge in [-0.1, -0.05) is 0 Å². The molecule has 1 N–H and O–H groups in total. The van der Waals surface area contributed by atoms with Crippen LogP contribution in [-0.4, -0.2) is 5.11 Å². The largest absolute Gasteiger partial charge is 0.465 e. The Morgan fingerprint density at radius 1 is 1.64 bits per heavy atom. The quantitative estimate of drug-likeness (QED) is 0.825. The summed E-state index contributed by atoms with van der Waals surface area (Å²) >= 11 is 3.31. The fraction of sp³-hybridized carbons (Fsp3) is 0.500. The third-order valence-electron chi connectivity index (χ3n) is 1.98. The highest BCUT2D eigenvalue weighted by Crippen LogP contribution is 2.42. The molecule has 0 aliphatic heterocycles. The van der Waals surface area contributed by atoms with Crippen LogP contribution < -0.4 is 0 Å². The maximum atomic E-state index is 9.61. The molecular weight excluding hydrogens is 208 g/mol. The predicted molar refractivity (Wildman–Crippen MR) is 44.1 cm³/mol. The number of aliphatic hydroxyl groups excluding tert-OH is 1. The molecule has 1 heterocycles. The van der Waals surface area contributed by atoms with Crippen LogP contribution in [0.1, 0.15) is 24.7 Å². The minimum Gasteiger partial charge on any atom is -0.465 e. The van der Waals surface area contributed by atoms with Crippen LogP contribution in [-0.2, 0) is 0 Å². The van der Waals surface area contributed by atoms with E-state index >= 15 is 0 Å². The second kappa shape index (κ2) is 2.64. The molecule has 0 radical (unpaired) electrons. The monoisotopic (exact) mass is 216 g/mol. The van der Waals surface area contributed by atoms with Crippen LogP contribution in [0.2, 0.25) is 0 Å². The maximum Gasteiger partial charge on any atom is 0.146 e. The molecule has 1 aliphatic carbocycles. The molecule has 1 aliphatic rings. The third kappa shape index (κ3) is 1.35. The Bertz CT molecular complexity index is 252. The Hall–Kier alpha value is -0.280. The molecule has 0 saturated heterocycles. The molecule has 60 valence electrons. The summed E-state index contributed by atoms with van der Waals surface area (Å²) in [6.45, 7) is 0. The topological polar surface area (TPSA) is 33.4 Å². The number of rotatable bonds is 2. The van der Waals surface area contributed by atoms with Gasteiger partial charge in [-0.15, -0.1) is 0 Å². The van der Waals surface area contributed by atoms with Crippen LogP contribution >= 0.6 is 15.9 Å². The van der Waals surface area contributed by atoms with Crippen LogP contribution in [0.4, 0.5) is 0 Å². The van der Waals surface area contributed by atoms with Gasteiger partial charge >= 0.3 is 0 Å². The molecule has 1 saturated carbocycles. The van der Waals surface area contributed by atoms with Crippen LogP contribution in [0.25, 0.3) is 0 Å². The highest BCUT2D eigenvalue weighted by Gasteiger charge is 2.33. The van der Waals surface area contributed by atoms with Crippen LogP contribution in [0, 0.1) is 5.92 Å². The van der Waals surface area contributed by atoms with Crippen molar-refractivity contribution in [2.75, 3.05) is 0 Å². The Morgan fingerprint density at radius 3 is 2.82 bits per heavy atom. The Morgan fingerprint density at radius 2 is 2.36 bits per heavy atom. The van der Waals surface area contributed by atoms with E-state index in [0.717, 1.165) is 17.3 Å². The van der Waals surface area contributed by atoms with Gasteiger partial charge < -0.3 is 9.52 Å². The number of hydrogen-bond acceptors (Lipinski definition) is 2. The summed E-state index contributed by atoms with van der Waals surface area (Å²) in [5.74, 6) is 1.10. The molecule has 1 aromatic rings. The van der Waals surface area contributed by atoms with Crippen LogP contribution in [0.5, 0.6) is 0 Å². The Kier molecular flexibility index (Phi) is 1.77. The zero-order chi connectivity index (χ0) is 7.84. The molecule has 1 aromatic heterocycles. The molecule has 1 unspecified atom stereocenters. The van der Waals surface area contributed by atoms with Gasteiger partial charge in [0.05, 0.1) is 10.7 Å². The second-order valence-corrected chi connectivity index (χ2v) is 3.77. The van der Waals surface area contributed by atoms with E-state index in [4.69, 9.17) is 4.42 Å². The van der Waals surface area contributed by atoms with E-state index in [1.54, 1.807) is 12.3 Å². The van der Waals surface area contributed by atoms with E-state index in [0.29, 0.717) is 11.7 Å². The van der Waals surface area contributed by atoms with E-state index in [2.05, 4.69) is 15.9 Å². The first-order chi connectivity index (χ1) is 5.29. The van der Waals surface area contributed by atoms with Crippen molar-refractivity contribution in [3.63, 3.8) is 0 Å². The first-order valence-electron chi connectivity index (χ1n) is 3.70. The highest BCUT2D eigenvalue weighted by molar-refractivity contribution is 9.10. The van der Waals surface area contributed by atoms with Crippen molar-refractivity contribution in [1.29, 1.82) is 0 Å². The van der Waals surface area contributed by atoms with Crippen molar-refractivity contribution in [2.24, 2.45) is 5.92 Å². The fourth-order valence-electron chi connectivity index (χ4n) is 1.14. The maximum absolute atomic E-state index is 9.61. The van der Waals surface area contributed by atoms with Gasteiger partial charge in [0.15, 0.2) is 0 Å². The molecule has 3 heteroatoms. The lowest BCUT2D eigenvalue weighted by Crippen LogP contribution is -1.97. The molecule has 2 nitrogen and oxygen atoms in total. The number of furan rings is 1. The van der Waals surface area contributed by atoms with E-state index in [-0.39, 0.29) is 0 Å². The first-order valence-corrected chi connectivity index (χ1v) is 4.49. The SMILES string of the molecule is OC(c1occc1Br)C1CC1. The Balaban J connectivity index is 2.20. The van der Waals surface area contributed by atoms with Crippen molar-refractivity contribution in [2.45, 2.75) is 18.9 Å². The summed E-state index contributed by atoms with van der Waals surface area (Å²) in [5.41, 5.74) is 0. The first kappa shape index (κ1) is 7.37. The standard InChI is InChI=1S/C8H9BrO2/c9-6-3-4-11-8(6)7(10)5-1-2-5/h3-5,7,10H,1-2H2. The lowest BCUT2D eigenvalue weighted by atomic mass is 10.2. The van der Waals surface area contributed by atoms with E-state index in [1.807, 2.05) is 0 Å². The van der Waals surface area contributed by atoms with Crippen molar-refractivity contribution in [3.05, 3.63) is 22.6 Å². The lowest BCUT2D eigenvalue weighted by molar-refractivity contribution is 0.126. The summed E-state index contributed by atoms with van der Waals surface area (Å²) < 4.78 is 6.00. The molecular formula is C8H9BrO2. The number of aliphatic hydroxyl groups is 1. The summed E-state index contributed by atoms with van der Waals surface area (Å²) in [6, 6.07) is 1.81. The molecule has 1 fully saturated rings. The summed E-state index contributed by atoms with van der Waals surface area (Å²) in [5, 5.41) is 9.61. The molecule has 2 rings (SSSR count).